The summed E-state index contributed by atoms with van der Waals surface area (Å²) in [7, 11) is 0. The molecule has 5 rings (SSSR count). The molecule has 7 heteroatoms. The Morgan fingerprint density at radius 2 is 1.75 bits per heavy atom. The number of nitrogens with zero attached hydrogens (tertiary/aromatic N) is 6. The maximum absolute atomic E-state index is 4.97. The number of hydrogen-bond donors (Lipinski definition) is 1. The van der Waals surface area contributed by atoms with Crippen molar-refractivity contribution in [3.05, 3.63) is 60.0 Å². The van der Waals surface area contributed by atoms with E-state index in [1.807, 2.05) is 33.9 Å². The van der Waals surface area contributed by atoms with E-state index in [9.17, 15) is 0 Å². The zero-order valence-electron chi connectivity index (χ0n) is 18.8. The van der Waals surface area contributed by atoms with E-state index in [1.54, 1.807) is 0 Å². The first-order valence-corrected chi connectivity index (χ1v) is 11.6. The summed E-state index contributed by atoms with van der Waals surface area (Å²) in [6, 6.07) is 10.5. The molecule has 4 aromatic heterocycles. The van der Waals surface area contributed by atoms with Gasteiger partial charge in [-0.3, -0.25) is 0 Å². The molecule has 5 aromatic rings. The van der Waals surface area contributed by atoms with Crippen molar-refractivity contribution >= 4 is 33.4 Å². The van der Waals surface area contributed by atoms with Crippen LogP contribution in [0, 0.1) is 0 Å². The van der Waals surface area contributed by atoms with Gasteiger partial charge in [-0.25, -0.2) is 19.2 Å². The summed E-state index contributed by atoms with van der Waals surface area (Å²) in [4.78, 5) is 9.77. The number of benzene rings is 1. The van der Waals surface area contributed by atoms with Gasteiger partial charge in [0.2, 0.25) is 0 Å². The van der Waals surface area contributed by atoms with Gasteiger partial charge in [0.15, 0.2) is 11.3 Å². The van der Waals surface area contributed by atoms with Gasteiger partial charge in [-0.1, -0.05) is 57.0 Å². The van der Waals surface area contributed by atoms with E-state index in [1.165, 1.54) is 11.1 Å². The summed E-state index contributed by atoms with van der Waals surface area (Å²) in [5.41, 5.74) is 5.29. The maximum atomic E-state index is 4.97. The summed E-state index contributed by atoms with van der Waals surface area (Å²) >= 11 is 0. The van der Waals surface area contributed by atoms with Crippen LogP contribution in [-0.2, 0) is 19.4 Å². The molecule has 1 aromatic carbocycles. The van der Waals surface area contributed by atoms with E-state index in [4.69, 9.17) is 15.1 Å². The number of unbranched alkanes of at least 4 members (excludes halogenated alkanes) is 1. The van der Waals surface area contributed by atoms with Gasteiger partial charge >= 0.3 is 0 Å². The van der Waals surface area contributed by atoms with Crippen molar-refractivity contribution in [3.8, 4) is 0 Å². The normalized spacial score (nSPS) is 11.7. The number of anilines is 1. The minimum atomic E-state index is 0.780. The Kier molecular flexibility index (Phi) is 5.71. The van der Waals surface area contributed by atoms with Crippen LogP contribution in [0.2, 0.25) is 0 Å². The van der Waals surface area contributed by atoms with Crippen LogP contribution in [0.15, 0.2) is 48.9 Å². The molecule has 0 amide bonds. The number of aromatic nitrogens is 6. The smallest absolute Gasteiger partial charge is 0.161 e. The van der Waals surface area contributed by atoms with Crippen LogP contribution in [0.4, 0.5) is 5.82 Å². The second-order valence-corrected chi connectivity index (χ2v) is 8.26. The SMILES string of the molecule is CCCCNc1nc2c(CCC)cnn2c2c1cnc1c2cnn1CCc1ccccc1. The summed E-state index contributed by atoms with van der Waals surface area (Å²) in [5.74, 6) is 0.880. The van der Waals surface area contributed by atoms with Crippen LogP contribution in [-0.4, -0.2) is 35.9 Å². The Labute approximate surface area is 187 Å². The van der Waals surface area contributed by atoms with Crippen molar-refractivity contribution in [1.82, 2.24) is 29.4 Å². The molecule has 0 aliphatic rings. The Morgan fingerprint density at radius 1 is 0.875 bits per heavy atom. The highest BCUT2D eigenvalue weighted by Crippen LogP contribution is 2.30. The van der Waals surface area contributed by atoms with Crippen molar-refractivity contribution in [2.75, 3.05) is 11.9 Å². The van der Waals surface area contributed by atoms with Gasteiger partial charge in [-0.05, 0) is 24.8 Å². The molecule has 0 saturated heterocycles. The molecule has 7 nitrogen and oxygen atoms in total. The van der Waals surface area contributed by atoms with Crippen LogP contribution in [0.25, 0.3) is 27.6 Å². The Balaban J connectivity index is 1.63. The fourth-order valence-electron chi connectivity index (χ4n) is 4.25. The molecule has 0 spiro atoms. The average molecular weight is 428 g/mol. The van der Waals surface area contributed by atoms with Gasteiger partial charge in [0, 0.05) is 24.8 Å². The molecule has 0 aliphatic carbocycles. The first-order valence-electron chi connectivity index (χ1n) is 11.6. The number of aryl methyl sites for hydroxylation is 3. The molecule has 0 unspecified atom stereocenters. The van der Waals surface area contributed by atoms with E-state index in [0.29, 0.717) is 0 Å². The second-order valence-electron chi connectivity index (χ2n) is 8.26. The molecule has 0 atom stereocenters. The molecule has 0 saturated carbocycles. The molecule has 32 heavy (non-hydrogen) atoms. The van der Waals surface area contributed by atoms with Gasteiger partial charge in [-0.2, -0.15) is 10.2 Å². The van der Waals surface area contributed by atoms with Crippen molar-refractivity contribution in [3.63, 3.8) is 0 Å². The number of nitrogens with one attached hydrogen (secondary N) is 1. The van der Waals surface area contributed by atoms with Gasteiger partial charge < -0.3 is 5.32 Å². The summed E-state index contributed by atoms with van der Waals surface area (Å²) in [6.07, 6.45) is 11.0. The van der Waals surface area contributed by atoms with Gasteiger partial charge in [0.05, 0.1) is 28.7 Å². The van der Waals surface area contributed by atoms with Crippen LogP contribution in [0.3, 0.4) is 0 Å². The molecule has 4 heterocycles. The average Bonchev–Trinajstić information content (AvgIpc) is 3.43. The molecule has 0 aliphatic heterocycles. The van der Waals surface area contributed by atoms with E-state index in [2.05, 4.69) is 48.5 Å². The maximum Gasteiger partial charge on any atom is 0.161 e. The molecular formula is C25H29N7. The van der Waals surface area contributed by atoms with Crippen LogP contribution < -0.4 is 5.32 Å². The number of hydrogen-bond acceptors (Lipinski definition) is 5. The zero-order valence-corrected chi connectivity index (χ0v) is 18.8. The molecule has 164 valence electrons. The van der Waals surface area contributed by atoms with Crippen molar-refractivity contribution in [1.29, 1.82) is 0 Å². The second kappa shape index (κ2) is 8.94. The third-order valence-electron chi connectivity index (χ3n) is 5.94. The van der Waals surface area contributed by atoms with Crippen molar-refractivity contribution in [2.24, 2.45) is 0 Å². The monoisotopic (exact) mass is 427 g/mol. The highest BCUT2D eigenvalue weighted by atomic mass is 15.3. The lowest BCUT2D eigenvalue weighted by Crippen LogP contribution is -2.07. The third kappa shape index (κ3) is 3.68. The molecule has 0 radical (unpaired) electrons. The highest BCUT2D eigenvalue weighted by Gasteiger charge is 2.18. The first-order chi connectivity index (χ1) is 15.8. The van der Waals surface area contributed by atoms with Gasteiger partial charge in [0.1, 0.15) is 5.82 Å². The van der Waals surface area contributed by atoms with Gasteiger partial charge in [-0.15, -0.1) is 0 Å². The standard InChI is InChI=1S/C25H29N7/c1-3-5-13-26-23-20-16-27-25-21(17-28-31(25)14-12-18-10-7-6-8-11-18)22(20)32-24(30-23)19(9-4-2)15-29-32/h6-8,10-11,15-17H,3-5,9,12-14H2,1-2H3,(H,26,30). The molecular weight excluding hydrogens is 398 g/mol. The third-order valence-corrected chi connectivity index (χ3v) is 5.94. The molecule has 0 bridgehead atoms. The minimum Gasteiger partial charge on any atom is -0.369 e. The van der Waals surface area contributed by atoms with Gasteiger partial charge in [0.25, 0.3) is 0 Å². The lowest BCUT2D eigenvalue weighted by molar-refractivity contribution is 0.630. The lowest BCUT2D eigenvalue weighted by Gasteiger charge is -2.11. The molecule has 1 N–H and O–H groups in total. The zero-order chi connectivity index (χ0) is 21.9. The van der Waals surface area contributed by atoms with E-state index in [0.717, 1.165) is 78.6 Å². The van der Waals surface area contributed by atoms with E-state index < -0.39 is 0 Å². The fourth-order valence-corrected chi connectivity index (χ4v) is 4.25. The predicted octanol–water partition coefficient (Wildman–Crippen LogP) is 5.03. The van der Waals surface area contributed by atoms with E-state index in [-0.39, 0.29) is 0 Å². The Morgan fingerprint density at radius 3 is 2.56 bits per heavy atom. The number of rotatable bonds is 9. The predicted molar refractivity (Wildman–Crippen MR) is 129 cm³/mol. The topological polar surface area (TPSA) is 72.9 Å². The first kappa shape index (κ1) is 20.4. The number of fused-ring (bicyclic) bond motifs is 5. The summed E-state index contributed by atoms with van der Waals surface area (Å²) in [6.45, 7) is 6.05. The Bertz CT molecular complexity index is 1350. The fraction of sp³-hybridized carbons (Fsp3) is 0.360. The highest BCUT2D eigenvalue weighted by molar-refractivity contribution is 6.06. The van der Waals surface area contributed by atoms with Crippen molar-refractivity contribution in [2.45, 2.75) is 52.5 Å². The number of pyridine rings is 1. The summed E-state index contributed by atoms with van der Waals surface area (Å²) < 4.78 is 3.97. The quantitative estimate of drug-likeness (QED) is 0.334. The van der Waals surface area contributed by atoms with Crippen LogP contribution in [0.1, 0.15) is 44.2 Å². The minimum absolute atomic E-state index is 0.780. The Hall–Kier alpha value is -3.48. The van der Waals surface area contributed by atoms with Crippen LogP contribution >= 0.6 is 0 Å². The summed E-state index contributed by atoms with van der Waals surface area (Å²) in [5, 5.41) is 14.9. The largest absolute Gasteiger partial charge is 0.369 e. The van der Waals surface area contributed by atoms with Crippen molar-refractivity contribution < 1.29 is 0 Å². The van der Waals surface area contributed by atoms with Crippen LogP contribution in [0.5, 0.6) is 0 Å². The van der Waals surface area contributed by atoms with E-state index >= 15 is 0 Å². The molecule has 0 fully saturated rings. The lowest BCUT2D eigenvalue weighted by atomic mass is 10.1.